The van der Waals surface area contributed by atoms with Crippen LogP contribution in [0.15, 0.2) is 35.4 Å². The Kier molecular flexibility index (Phi) is 5.31. The second kappa shape index (κ2) is 7.47. The van der Waals surface area contributed by atoms with Crippen molar-refractivity contribution in [3.63, 3.8) is 0 Å². The first kappa shape index (κ1) is 17.8. The van der Waals surface area contributed by atoms with Crippen molar-refractivity contribution in [2.75, 3.05) is 31.2 Å². The zero-order valence-electron chi connectivity index (χ0n) is 14.4. The van der Waals surface area contributed by atoms with E-state index in [0.29, 0.717) is 19.0 Å². The lowest BCUT2D eigenvalue weighted by molar-refractivity contribution is 0.122. The summed E-state index contributed by atoms with van der Waals surface area (Å²) < 4.78 is 32.8. The summed E-state index contributed by atoms with van der Waals surface area (Å²) in [6.07, 6.45) is 1.65. The molecule has 0 saturated carbocycles. The Bertz CT molecular complexity index is 849. The van der Waals surface area contributed by atoms with Gasteiger partial charge in [0.1, 0.15) is 11.6 Å². The van der Waals surface area contributed by atoms with E-state index in [1.807, 2.05) is 19.9 Å². The SMILES string of the molecule is Cc1ccc(S(=O)(=O)NCc2nccc(N3CCOCC3)n2)cc1C. The first-order chi connectivity index (χ1) is 12.0. The van der Waals surface area contributed by atoms with Crippen LogP contribution in [0.2, 0.25) is 0 Å². The highest BCUT2D eigenvalue weighted by Gasteiger charge is 2.16. The second-order valence-electron chi connectivity index (χ2n) is 6.00. The first-order valence-electron chi connectivity index (χ1n) is 8.17. The number of nitrogens with zero attached hydrogens (tertiary/aromatic N) is 3. The van der Waals surface area contributed by atoms with Gasteiger partial charge in [0.25, 0.3) is 0 Å². The van der Waals surface area contributed by atoms with Gasteiger partial charge in [0.2, 0.25) is 10.0 Å². The van der Waals surface area contributed by atoms with Crippen molar-refractivity contribution >= 4 is 15.8 Å². The number of aromatic nitrogens is 2. The topological polar surface area (TPSA) is 84.4 Å². The highest BCUT2D eigenvalue weighted by Crippen LogP contribution is 2.15. The molecule has 25 heavy (non-hydrogen) atoms. The summed E-state index contributed by atoms with van der Waals surface area (Å²) in [5, 5.41) is 0. The van der Waals surface area contributed by atoms with Gasteiger partial charge in [0.15, 0.2) is 0 Å². The molecular weight excluding hydrogens is 340 g/mol. The first-order valence-corrected chi connectivity index (χ1v) is 9.65. The predicted octanol–water partition coefficient (Wildman–Crippen LogP) is 1.41. The number of sulfonamides is 1. The lowest BCUT2D eigenvalue weighted by Gasteiger charge is -2.27. The van der Waals surface area contributed by atoms with Crippen molar-refractivity contribution in [1.82, 2.24) is 14.7 Å². The molecule has 1 aliphatic heterocycles. The fourth-order valence-electron chi connectivity index (χ4n) is 2.57. The van der Waals surface area contributed by atoms with E-state index in [0.717, 1.165) is 30.0 Å². The molecule has 1 fully saturated rings. The van der Waals surface area contributed by atoms with E-state index < -0.39 is 10.0 Å². The number of benzene rings is 1. The number of hydrogen-bond donors (Lipinski definition) is 1. The molecule has 2 heterocycles. The molecule has 0 amide bonds. The van der Waals surface area contributed by atoms with Gasteiger partial charge in [0.05, 0.1) is 24.7 Å². The lowest BCUT2D eigenvalue weighted by atomic mass is 10.1. The molecule has 1 aliphatic rings. The van der Waals surface area contributed by atoms with Crippen LogP contribution in [-0.2, 0) is 21.3 Å². The van der Waals surface area contributed by atoms with E-state index in [1.165, 1.54) is 0 Å². The normalized spacial score (nSPS) is 15.4. The molecule has 3 rings (SSSR count). The molecule has 0 bridgehead atoms. The van der Waals surface area contributed by atoms with Gasteiger partial charge in [-0.15, -0.1) is 0 Å². The number of rotatable bonds is 5. The van der Waals surface area contributed by atoms with Crippen LogP contribution in [0, 0.1) is 13.8 Å². The molecule has 7 nitrogen and oxygen atoms in total. The Morgan fingerprint density at radius 1 is 1.16 bits per heavy atom. The Balaban J connectivity index is 1.71. The van der Waals surface area contributed by atoms with Crippen molar-refractivity contribution in [3.8, 4) is 0 Å². The standard InChI is InChI=1S/C17H22N4O3S/c1-13-3-4-15(11-14(13)2)25(22,23)19-12-16-18-6-5-17(20-16)21-7-9-24-10-8-21/h3-6,11,19H,7-10,12H2,1-2H3. The summed E-state index contributed by atoms with van der Waals surface area (Å²) >= 11 is 0. The minimum Gasteiger partial charge on any atom is -0.378 e. The van der Waals surface area contributed by atoms with Crippen LogP contribution < -0.4 is 9.62 Å². The summed E-state index contributed by atoms with van der Waals surface area (Å²) in [5.74, 6) is 1.23. The third-order valence-corrected chi connectivity index (χ3v) is 5.63. The van der Waals surface area contributed by atoms with Crippen LogP contribution in [-0.4, -0.2) is 44.7 Å². The van der Waals surface area contributed by atoms with Crippen LogP contribution in [0.4, 0.5) is 5.82 Å². The summed E-state index contributed by atoms with van der Waals surface area (Å²) in [6, 6.07) is 6.91. The number of nitrogens with one attached hydrogen (secondary N) is 1. The highest BCUT2D eigenvalue weighted by molar-refractivity contribution is 7.89. The maximum absolute atomic E-state index is 12.5. The van der Waals surface area contributed by atoms with E-state index in [-0.39, 0.29) is 11.4 Å². The molecule has 1 aromatic heterocycles. The van der Waals surface area contributed by atoms with E-state index in [4.69, 9.17) is 4.74 Å². The lowest BCUT2D eigenvalue weighted by Crippen LogP contribution is -2.37. The summed E-state index contributed by atoms with van der Waals surface area (Å²) in [4.78, 5) is 11.0. The maximum Gasteiger partial charge on any atom is 0.240 e. The van der Waals surface area contributed by atoms with Crippen LogP contribution in [0.5, 0.6) is 0 Å². The van der Waals surface area contributed by atoms with Crippen LogP contribution in [0.3, 0.4) is 0 Å². The van der Waals surface area contributed by atoms with E-state index in [2.05, 4.69) is 19.6 Å². The average molecular weight is 362 g/mol. The van der Waals surface area contributed by atoms with Crippen molar-refractivity contribution in [2.45, 2.75) is 25.3 Å². The van der Waals surface area contributed by atoms with E-state index >= 15 is 0 Å². The molecule has 0 aliphatic carbocycles. The Morgan fingerprint density at radius 2 is 1.92 bits per heavy atom. The van der Waals surface area contributed by atoms with E-state index in [1.54, 1.807) is 24.4 Å². The third kappa shape index (κ3) is 4.33. The Morgan fingerprint density at radius 3 is 2.64 bits per heavy atom. The van der Waals surface area contributed by atoms with Crippen molar-refractivity contribution < 1.29 is 13.2 Å². The zero-order valence-corrected chi connectivity index (χ0v) is 15.2. The fraction of sp³-hybridized carbons (Fsp3) is 0.412. The van der Waals surface area contributed by atoms with Crippen molar-refractivity contribution in [3.05, 3.63) is 47.4 Å². The number of morpholine rings is 1. The molecule has 1 N–H and O–H groups in total. The molecule has 8 heteroatoms. The molecular formula is C17H22N4O3S. The Labute approximate surface area is 148 Å². The number of aryl methyl sites for hydroxylation is 2. The fourth-order valence-corrected chi connectivity index (χ4v) is 3.63. The summed E-state index contributed by atoms with van der Waals surface area (Å²) in [7, 11) is -3.60. The maximum atomic E-state index is 12.5. The molecule has 0 radical (unpaired) electrons. The van der Waals surface area contributed by atoms with Gasteiger partial charge in [-0.3, -0.25) is 0 Å². The van der Waals surface area contributed by atoms with Crippen LogP contribution in [0.25, 0.3) is 0 Å². The molecule has 0 atom stereocenters. The number of ether oxygens (including phenoxy) is 1. The molecule has 0 spiro atoms. The van der Waals surface area contributed by atoms with Crippen molar-refractivity contribution in [2.24, 2.45) is 0 Å². The smallest absolute Gasteiger partial charge is 0.240 e. The second-order valence-corrected chi connectivity index (χ2v) is 7.77. The monoisotopic (exact) mass is 362 g/mol. The quantitative estimate of drug-likeness (QED) is 0.866. The molecule has 134 valence electrons. The molecule has 0 unspecified atom stereocenters. The van der Waals surface area contributed by atoms with Gasteiger partial charge in [-0.2, -0.15) is 0 Å². The highest BCUT2D eigenvalue weighted by atomic mass is 32.2. The average Bonchev–Trinajstić information content (AvgIpc) is 2.63. The minimum absolute atomic E-state index is 0.0490. The van der Waals surface area contributed by atoms with Gasteiger partial charge in [-0.1, -0.05) is 6.07 Å². The minimum atomic E-state index is -3.60. The van der Waals surface area contributed by atoms with Crippen molar-refractivity contribution in [1.29, 1.82) is 0 Å². The number of hydrogen-bond acceptors (Lipinski definition) is 6. The van der Waals surface area contributed by atoms with E-state index in [9.17, 15) is 8.42 Å². The van der Waals surface area contributed by atoms with Gasteiger partial charge >= 0.3 is 0 Å². The van der Waals surface area contributed by atoms with Gasteiger partial charge in [-0.05, 0) is 43.2 Å². The molecule has 1 saturated heterocycles. The zero-order chi connectivity index (χ0) is 17.9. The van der Waals surface area contributed by atoms with Gasteiger partial charge in [-0.25, -0.2) is 23.1 Å². The molecule has 1 aromatic carbocycles. The largest absolute Gasteiger partial charge is 0.378 e. The third-order valence-electron chi connectivity index (χ3n) is 4.23. The summed E-state index contributed by atoms with van der Waals surface area (Å²) in [5.41, 5.74) is 1.99. The summed E-state index contributed by atoms with van der Waals surface area (Å²) in [6.45, 7) is 6.76. The van der Waals surface area contributed by atoms with Crippen LogP contribution in [0.1, 0.15) is 17.0 Å². The van der Waals surface area contributed by atoms with Gasteiger partial charge < -0.3 is 9.64 Å². The van der Waals surface area contributed by atoms with Gasteiger partial charge in [0, 0.05) is 19.3 Å². The predicted molar refractivity (Wildman–Crippen MR) is 95.0 cm³/mol. The number of anilines is 1. The van der Waals surface area contributed by atoms with Crippen LogP contribution >= 0.6 is 0 Å². The molecule has 2 aromatic rings. The Hall–Kier alpha value is -2.03.